The van der Waals surface area contributed by atoms with Gasteiger partial charge in [-0.3, -0.25) is 9.32 Å². The summed E-state index contributed by atoms with van der Waals surface area (Å²) >= 11 is 0. The Bertz CT molecular complexity index is 544. The van der Waals surface area contributed by atoms with E-state index < -0.39 is 7.82 Å². The highest BCUT2D eigenvalue weighted by molar-refractivity contribution is 7.46. The lowest BCUT2D eigenvalue weighted by Gasteiger charge is -2.11. The molecule has 6 nitrogen and oxygen atoms in total. The second-order valence-corrected chi connectivity index (χ2v) is 7.04. The first kappa shape index (κ1) is 20.8. The molecule has 0 heterocycles. The number of anilines is 1. The summed E-state index contributed by atoms with van der Waals surface area (Å²) < 4.78 is 14.9. The zero-order valence-electron chi connectivity index (χ0n) is 14.2. The van der Waals surface area contributed by atoms with Crippen LogP contribution in [0.1, 0.15) is 57.4 Å². The van der Waals surface area contributed by atoms with E-state index in [1.807, 2.05) is 24.3 Å². The Hall–Kier alpha value is -1.20. The van der Waals surface area contributed by atoms with E-state index >= 15 is 0 Å². The topological polar surface area (TPSA) is 95.9 Å². The van der Waals surface area contributed by atoms with Gasteiger partial charge in [-0.2, -0.15) is 0 Å². The number of rotatable bonds is 12. The van der Waals surface area contributed by atoms with Crippen molar-refractivity contribution in [3.05, 3.63) is 29.8 Å². The summed E-state index contributed by atoms with van der Waals surface area (Å²) in [5, 5.41) is 2.79. The molecule has 0 unspecified atom stereocenters. The number of amides is 1. The van der Waals surface area contributed by atoms with Gasteiger partial charge in [0.05, 0.1) is 13.0 Å². The van der Waals surface area contributed by atoms with Gasteiger partial charge in [0.2, 0.25) is 5.91 Å². The molecule has 136 valence electrons. The molecule has 0 aliphatic rings. The van der Waals surface area contributed by atoms with Gasteiger partial charge < -0.3 is 15.1 Å². The normalized spacial score (nSPS) is 11.5. The molecule has 24 heavy (non-hydrogen) atoms. The van der Waals surface area contributed by atoms with Crippen molar-refractivity contribution >= 4 is 19.4 Å². The molecule has 0 spiro atoms. The molecule has 7 heteroatoms. The van der Waals surface area contributed by atoms with Crippen molar-refractivity contribution in [2.75, 3.05) is 11.9 Å². The summed E-state index contributed by atoms with van der Waals surface area (Å²) in [5.74, 6) is -0.321. The van der Waals surface area contributed by atoms with Gasteiger partial charge in [-0.25, -0.2) is 4.57 Å². The predicted octanol–water partition coefficient (Wildman–Crippen LogP) is 4.03. The van der Waals surface area contributed by atoms with E-state index in [-0.39, 0.29) is 18.9 Å². The molecule has 0 radical (unpaired) electrons. The van der Waals surface area contributed by atoms with Crippen molar-refractivity contribution < 1.29 is 23.7 Å². The van der Waals surface area contributed by atoms with Crippen molar-refractivity contribution in [2.24, 2.45) is 0 Å². The number of nitrogens with one attached hydrogen (secondary N) is 1. The maximum atomic E-state index is 11.9. The smallest absolute Gasteiger partial charge is 0.326 e. The van der Waals surface area contributed by atoms with E-state index in [1.54, 1.807) is 0 Å². The van der Waals surface area contributed by atoms with Gasteiger partial charge in [0, 0.05) is 5.69 Å². The third-order valence-corrected chi connectivity index (χ3v) is 4.20. The average Bonchev–Trinajstić information content (AvgIpc) is 2.51. The van der Waals surface area contributed by atoms with Crippen LogP contribution in [0.4, 0.5) is 5.69 Å². The molecule has 0 aromatic heterocycles. The second kappa shape index (κ2) is 11.4. The molecule has 3 N–H and O–H groups in total. The molecule has 0 atom stereocenters. The number of phosphoric ester groups is 1. The van der Waals surface area contributed by atoms with Crippen LogP contribution >= 0.6 is 7.82 Å². The van der Waals surface area contributed by atoms with Crippen LogP contribution in [0.25, 0.3) is 0 Å². The van der Waals surface area contributed by atoms with Crippen LogP contribution in [0, 0.1) is 0 Å². The number of para-hydroxylation sites is 1. The number of phosphoric acid groups is 1. The Morgan fingerprint density at radius 3 is 2.50 bits per heavy atom. The van der Waals surface area contributed by atoms with Crippen LogP contribution in [0.5, 0.6) is 0 Å². The van der Waals surface area contributed by atoms with Gasteiger partial charge in [-0.15, -0.1) is 0 Å². The van der Waals surface area contributed by atoms with E-state index in [0.29, 0.717) is 0 Å². The van der Waals surface area contributed by atoms with Crippen LogP contribution in [0.3, 0.4) is 0 Å². The van der Waals surface area contributed by atoms with Crippen molar-refractivity contribution in [3.63, 3.8) is 0 Å². The van der Waals surface area contributed by atoms with Crippen molar-refractivity contribution in [1.82, 2.24) is 0 Å². The van der Waals surface area contributed by atoms with Gasteiger partial charge in [-0.05, 0) is 24.5 Å². The standard InChI is InChI=1S/C17H28NO5P/c1-2-3-4-5-6-7-10-15-11-8-9-12-16(15)18-17(19)13-14-23-24(20,21)22/h8-9,11-12H,2-7,10,13-14H2,1H3,(H,18,19)(H2,20,21,22). The average molecular weight is 357 g/mol. The molecular formula is C17H28NO5P. The first-order chi connectivity index (χ1) is 11.4. The van der Waals surface area contributed by atoms with Crippen LogP contribution in [0.2, 0.25) is 0 Å². The number of carbonyl (C=O) groups excluding carboxylic acids is 1. The molecule has 1 amide bonds. The third kappa shape index (κ3) is 9.83. The zero-order valence-corrected chi connectivity index (χ0v) is 15.1. The summed E-state index contributed by atoms with van der Waals surface area (Å²) in [6, 6.07) is 7.63. The molecule has 1 rings (SSSR count). The molecule has 0 saturated carbocycles. The van der Waals surface area contributed by atoms with E-state index in [9.17, 15) is 9.36 Å². The van der Waals surface area contributed by atoms with E-state index in [2.05, 4.69) is 16.8 Å². The largest absolute Gasteiger partial charge is 0.469 e. The first-order valence-corrected chi connectivity index (χ1v) is 10.0. The van der Waals surface area contributed by atoms with E-state index in [4.69, 9.17) is 9.79 Å². The number of hydrogen-bond acceptors (Lipinski definition) is 3. The Kier molecular flexibility index (Phi) is 9.88. The summed E-state index contributed by atoms with van der Waals surface area (Å²) in [4.78, 5) is 29.0. The fourth-order valence-corrected chi connectivity index (χ4v) is 2.76. The SMILES string of the molecule is CCCCCCCCc1ccccc1NC(=O)CCOP(=O)(O)O. The summed E-state index contributed by atoms with van der Waals surface area (Å²) in [5.41, 5.74) is 1.84. The minimum Gasteiger partial charge on any atom is -0.326 e. The summed E-state index contributed by atoms with van der Waals surface area (Å²) in [6.07, 6.45) is 8.09. The summed E-state index contributed by atoms with van der Waals surface area (Å²) in [6.45, 7) is 1.89. The Morgan fingerprint density at radius 2 is 1.79 bits per heavy atom. The molecule has 0 bridgehead atoms. The van der Waals surface area contributed by atoms with Gasteiger partial charge in [0.15, 0.2) is 0 Å². The molecule has 1 aromatic rings. The van der Waals surface area contributed by atoms with Gasteiger partial charge >= 0.3 is 7.82 Å². The highest BCUT2D eigenvalue weighted by atomic mass is 31.2. The molecular weight excluding hydrogens is 329 g/mol. The lowest BCUT2D eigenvalue weighted by molar-refractivity contribution is -0.116. The maximum absolute atomic E-state index is 11.9. The van der Waals surface area contributed by atoms with Crippen molar-refractivity contribution in [1.29, 1.82) is 0 Å². The summed E-state index contributed by atoms with van der Waals surface area (Å²) in [7, 11) is -4.52. The molecule has 0 saturated heterocycles. The van der Waals surface area contributed by atoms with Gasteiger partial charge in [0.1, 0.15) is 0 Å². The maximum Gasteiger partial charge on any atom is 0.469 e. The lowest BCUT2D eigenvalue weighted by Crippen LogP contribution is -2.15. The van der Waals surface area contributed by atoms with E-state index in [0.717, 1.165) is 24.1 Å². The Morgan fingerprint density at radius 1 is 1.12 bits per heavy atom. The fraction of sp³-hybridized carbons (Fsp3) is 0.588. The number of hydrogen-bond donors (Lipinski definition) is 3. The molecule has 0 aliphatic heterocycles. The third-order valence-electron chi connectivity index (χ3n) is 3.68. The first-order valence-electron chi connectivity index (χ1n) is 8.50. The van der Waals surface area contributed by atoms with Gasteiger partial charge in [0.25, 0.3) is 0 Å². The minimum atomic E-state index is -4.52. The Labute approximate surface area is 143 Å². The monoisotopic (exact) mass is 357 g/mol. The molecule has 1 aromatic carbocycles. The van der Waals surface area contributed by atoms with E-state index in [1.165, 1.54) is 32.1 Å². The minimum absolute atomic E-state index is 0.101. The number of benzene rings is 1. The zero-order chi connectivity index (χ0) is 17.8. The quantitative estimate of drug-likeness (QED) is 0.388. The van der Waals surface area contributed by atoms with Crippen LogP contribution in [-0.2, 0) is 20.3 Å². The van der Waals surface area contributed by atoms with Crippen molar-refractivity contribution in [2.45, 2.75) is 58.3 Å². The number of unbranched alkanes of at least 4 members (excludes halogenated alkanes) is 5. The highest BCUT2D eigenvalue weighted by Crippen LogP contribution is 2.35. The second-order valence-electron chi connectivity index (χ2n) is 5.80. The van der Waals surface area contributed by atoms with Crippen LogP contribution < -0.4 is 5.32 Å². The molecule has 0 aliphatic carbocycles. The van der Waals surface area contributed by atoms with Crippen molar-refractivity contribution in [3.8, 4) is 0 Å². The highest BCUT2D eigenvalue weighted by Gasteiger charge is 2.14. The fourth-order valence-electron chi connectivity index (χ4n) is 2.43. The predicted molar refractivity (Wildman–Crippen MR) is 94.8 cm³/mol. The molecule has 0 fully saturated rings. The number of aryl methyl sites for hydroxylation is 1. The lowest BCUT2D eigenvalue weighted by atomic mass is 10.0. The Balaban J connectivity index is 2.39. The number of carbonyl (C=O) groups is 1. The van der Waals surface area contributed by atoms with Crippen LogP contribution in [-0.4, -0.2) is 22.3 Å². The van der Waals surface area contributed by atoms with Gasteiger partial charge in [-0.1, -0.05) is 57.2 Å². The van der Waals surface area contributed by atoms with Crippen LogP contribution in [0.15, 0.2) is 24.3 Å².